The first-order chi connectivity index (χ1) is 5.76. The molecule has 12 heavy (non-hydrogen) atoms. The van der Waals surface area contributed by atoms with Gasteiger partial charge in [0.2, 0.25) is 0 Å². The number of rotatable bonds is 3. The van der Waals surface area contributed by atoms with E-state index in [9.17, 15) is 0 Å². The zero-order valence-corrected chi connectivity index (χ0v) is 7.28. The number of hydrogen-bond acceptors (Lipinski definition) is 3. The van der Waals surface area contributed by atoms with Gasteiger partial charge in [-0.1, -0.05) is 0 Å². The van der Waals surface area contributed by atoms with Gasteiger partial charge in [-0.05, 0) is 13.8 Å². The fraction of sp³-hybridized carbons (Fsp3) is 0.500. The first-order valence-electron chi connectivity index (χ1n) is 3.96. The van der Waals surface area contributed by atoms with Crippen LogP contribution in [0, 0.1) is 11.3 Å². The van der Waals surface area contributed by atoms with E-state index in [1.807, 2.05) is 23.9 Å². The molecule has 64 valence electrons. The Labute approximate surface area is 71.8 Å². The molecule has 0 fully saturated rings. The van der Waals surface area contributed by atoms with Crippen LogP contribution in [-0.4, -0.2) is 15.8 Å². The van der Waals surface area contributed by atoms with Gasteiger partial charge in [-0.2, -0.15) is 10.4 Å². The highest BCUT2D eigenvalue weighted by molar-refractivity contribution is 5.35. The third-order valence-electron chi connectivity index (χ3n) is 1.52. The molecule has 0 aliphatic carbocycles. The maximum Gasteiger partial charge on any atom is 0.148 e. The van der Waals surface area contributed by atoms with Gasteiger partial charge in [0.05, 0.1) is 6.07 Å². The summed E-state index contributed by atoms with van der Waals surface area (Å²) in [4.78, 5) is 0. The van der Waals surface area contributed by atoms with Crippen LogP contribution in [0.2, 0.25) is 0 Å². The highest BCUT2D eigenvalue weighted by Crippen LogP contribution is 2.03. The lowest BCUT2D eigenvalue weighted by Gasteiger charge is -2.02. The molecule has 1 aromatic rings. The Morgan fingerprint density at radius 2 is 2.58 bits per heavy atom. The fourth-order valence-electron chi connectivity index (χ4n) is 0.869. The van der Waals surface area contributed by atoms with Crippen molar-refractivity contribution in [1.82, 2.24) is 9.78 Å². The Hall–Kier alpha value is -1.50. The van der Waals surface area contributed by atoms with Crippen molar-refractivity contribution in [3.8, 4) is 6.07 Å². The molecule has 1 atom stereocenters. The molecule has 0 aliphatic heterocycles. The summed E-state index contributed by atoms with van der Waals surface area (Å²) < 4.78 is 1.81. The average Bonchev–Trinajstić information content (AvgIpc) is 2.52. The number of nitriles is 1. The smallest absolute Gasteiger partial charge is 0.148 e. The van der Waals surface area contributed by atoms with Crippen LogP contribution in [0.15, 0.2) is 12.3 Å². The summed E-state index contributed by atoms with van der Waals surface area (Å²) >= 11 is 0. The second kappa shape index (κ2) is 3.77. The maximum absolute atomic E-state index is 8.51. The quantitative estimate of drug-likeness (QED) is 0.731. The van der Waals surface area contributed by atoms with Crippen LogP contribution in [0.1, 0.15) is 13.8 Å². The summed E-state index contributed by atoms with van der Waals surface area (Å²) in [5.41, 5.74) is 0. The Morgan fingerprint density at radius 3 is 3.08 bits per heavy atom. The van der Waals surface area contributed by atoms with Crippen molar-refractivity contribution in [3.63, 3.8) is 0 Å². The Bertz CT molecular complexity index is 283. The molecular formula is C8H12N4. The summed E-state index contributed by atoms with van der Waals surface area (Å²) in [6.45, 7) is 4.66. The Balaban J connectivity index is 2.59. The van der Waals surface area contributed by atoms with E-state index in [0.717, 1.165) is 12.4 Å². The molecule has 0 bridgehead atoms. The second-order valence-corrected chi connectivity index (χ2v) is 2.55. The highest BCUT2D eigenvalue weighted by Gasteiger charge is 2.00. The van der Waals surface area contributed by atoms with Crippen LogP contribution < -0.4 is 5.32 Å². The van der Waals surface area contributed by atoms with E-state index in [0.29, 0.717) is 0 Å². The molecule has 1 rings (SSSR count). The number of hydrogen-bond donors (Lipinski definition) is 1. The fourth-order valence-corrected chi connectivity index (χ4v) is 0.869. The van der Waals surface area contributed by atoms with Crippen molar-refractivity contribution < 1.29 is 0 Å². The molecule has 4 heteroatoms. The van der Waals surface area contributed by atoms with E-state index in [4.69, 9.17) is 5.26 Å². The minimum atomic E-state index is -0.190. The number of nitrogens with one attached hydrogen (secondary N) is 1. The summed E-state index contributed by atoms with van der Waals surface area (Å²) in [5.74, 6) is 0.755. The van der Waals surface area contributed by atoms with Crippen molar-refractivity contribution in [2.75, 3.05) is 5.32 Å². The third kappa shape index (κ3) is 1.99. The number of nitrogens with zero attached hydrogens (tertiary/aromatic N) is 3. The number of aryl methyl sites for hydroxylation is 1. The summed E-state index contributed by atoms with van der Waals surface area (Å²) in [6, 6.07) is 3.75. The highest BCUT2D eigenvalue weighted by atomic mass is 15.3. The summed E-state index contributed by atoms with van der Waals surface area (Å²) in [5, 5.41) is 15.6. The molecule has 0 spiro atoms. The minimum Gasteiger partial charge on any atom is -0.353 e. The van der Waals surface area contributed by atoms with E-state index in [2.05, 4.69) is 16.5 Å². The van der Waals surface area contributed by atoms with E-state index >= 15 is 0 Å². The molecular weight excluding hydrogens is 152 g/mol. The molecule has 0 aromatic carbocycles. The van der Waals surface area contributed by atoms with Crippen molar-refractivity contribution >= 4 is 5.82 Å². The predicted octanol–water partition coefficient (Wildman–Crippen LogP) is 1.23. The first-order valence-corrected chi connectivity index (χ1v) is 3.96. The standard InChI is InChI=1S/C8H12N4/c1-3-12-5-4-8(11-12)10-7(2)6-9/h4-5,7H,3H2,1-2H3,(H,10,11). The molecule has 0 amide bonds. The van der Waals surface area contributed by atoms with Crippen LogP contribution in [0.4, 0.5) is 5.82 Å². The largest absolute Gasteiger partial charge is 0.353 e. The van der Waals surface area contributed by atoms with Gasteiger partial charge in [0.25, 0.3) is 0 Å². The monoisotopic (exact) mass is 164 g/mol. The average molecular weight is 164 g/mol. The van der Waals surface area contributed by atoms with Crippen LogP contribution in [0.3, 0.4) is 0 Å². The first kappa shape index (κ1) is 8.60. The number of anilines is 1. The molecule has 1 N–H and O–H groups in total. The van der Waals surface area contributed by atoms with Crippen LogP contribution in [0.5, 0.6) is 0 Å². The van der Waals surface area contributed by atoms with E-state index < -0.39 is 0 Å². The van der Waals surface area contributed by atoms with Crippen molar-refractivity contribution in [1.29, 1.82) is 5.26 Å². The van der Waals surface area contributed by atoms with Gasteiger partial charge in [0, 0.05) is 18.8 Å². The Morgan fingerprint density at radius 1 is 1.83 bits per heavy atom. The lowest BCUT2D eigenvalue weighted by molar-refractivity contribution is 0.660. The van der Waals surface area contributed by atoms with Crippen molar-refractivity contribution in [3.05, 3.63) is 12.3 Å². The van der Waals surface area contributed by atoms with Crippen molar-refractivity contribution in [2.24, 2.45) is 0 Å². The minimum absolute atomic E-state index is 0.190. The van der Waals surface area contributed by atoms with E-state index in [1.54, 1.807) is 6.92 Å². The van der Waals surface area contributed by atoms with Crippen LogP contribution >= 0.6 is 0 Å². The van der Waals surface area contributed by atoms with Gasteiger partial charge >= 0.3 is 0 Å². The van der Waals surface area contributed by atoms with E-state index in [1.165, 1.54) is 0 Å². The van der Waals surface area contributed by atoms with Crippen LogP contribution in [-0.2, 0) is 6.54 Å². The molecule has 0 saturated heterocycles. The lowest BCUT2D eigenvalue weighted by atomic mass is 10.4. The molecule has 0 aliphatic rings. The molecule has 0 radical (unpaired) electrons. The molecule has 4 nitrogen and oxygen atoms in total. The molecule has 1 aromatic heterocycles. The SMILES string of the molecule is CCn1ccc(NC(C)C#N)n1. The van der Waals surface area contributed by atoms with Crippen LogP contribution in [0.25, 0.3) is 0 Å². The van der Waals surface area contributed by atoms with Gasteiger partial charge in [-0.25, -0.2) is 0 Å². The molecule has 0 saturated carbocycles. The molecule has 1 heterocycles. The predicted molar refractivity (Wildman–Crippen MR) is 46.6 cm³/mol. The van der Waals surface area contributed by atoms with Gasteiger partial charge < -0.3 is 5.32 Å². The third-order valence-corrected chi connectivity index (χ3v) is 1.52. The van der Waals surface area contributed by atoms with Gasteiger partial charge in [-0.3, -0.25) is 4.68 Å². The topological polar surface area (TPSA) is 53.6 Å². The summed E-state index contributed by atoms with van der Waals surface area (Å²) in [7, 11) is 0. The zero-order valence-electron chi connectivity index (χ0n) is 7.28. The van der Waals surface area contributed by atoms with Gasteiger partial charge in [0.1, 0.15) is 11.9 Å². The van der Waals surface area contributed by atoms with Gasteiger partial charge in [0.15, 0.2) is 0 Å². The van der Waals surface area contributed by atoms with Crippen molar-refractivity contribution in [2.45, 2.75) is 26.4 Å². The Kier molecular flexibility index (Phi) is 2.70. The summed E-state index contributed by atoms with van der Waals surface area (Å²) in [6.07, 6.45) is 1.88. The number of aromatic nitrogens is 2. The zero-order chi connectivity index (χ0) is 8.97. The second-order valence-electron chi connectivity index (χ2n) is 2.55. The maximum atomic E-state index is 8.51. The normalized spacial score (nSPS) is 12.1. The van der Waals surface area contributed by atoms with E-state index in [-0.39, 0.29) is 6.04 Å². The van der Waals surface area contributed by atoms with Gasteiger partial charge in [-0.15, -0.1) is 0 Å². The molecule has 1 unspecified atom stereocenters. The lowest BCUT2D eigenvalue weighted by Crippen LogP contribution is -2.12.